The summed E-state index contributed by atoms with van der Waals surface area (Å²) < 4.78 is 5.62. The van der Waals surface area contributed by atoms with Crippen LogP contribution in [0.15, 0.2) is 22.8 Å². The average molecular weight is 335 g/mol. The molecule has 1 aromatic rings. The number of hydrogen-bond acceptors (Lipinski definition) is 3. The molecule has 1 atom stereocenters. The zero-order chi connectivity index (χ0) is 17.4. The van der Waals surface area contributed by atoms with E-state index in [0.29, 0.717) is 6.54 Å². The molecule has 0 unspecified atom stereocenters. The number of nitrogens with one attached hydrogen (secondary N) is 1. The molecule has 0 radical (unpaired) electrons. The number of furan rings is 1. The molecule has 1 N–H and O–H groups in total. The number of rotatable bonds is 9. The molecule has 2 rings (SSSR count). The summed E-state index contributed by atoms with van der Waals surface area (Å²) >= 11 is 0. The fourth-order valence-electron chi connectivity index (χ4n) is 3.36. The lowest BCUT2D eigenvalue weighted by molar-refractivity contribution is 0.169. The first kappa shape index (κ1) is 18.8. The Bertz CT molecular complexity index is 467. The number of urea groups is 1. The van der Waals surface area contributed by atoms with Crippen LogP contribution >= 0.6 is 0 Å². The van der Waals surface area contributed by atoms with E-state index in [4.69, 9.17) is 4.42 Å². The molecule has 2 heterocycles. The van der Waals surface area contributed by atoms with Crippen LogP contribution in [-0.2, 0) is 0 Å². The molecule has 5 heteroatoms. The van der Waals surface area contributed by atoms with Crippen molar-refractivity contribution in [3.8, 4) is 0 Å². The van der Waals surface area contributed by atoms with Gasteiger partial charge in [0.25, 0.3) is 0 Å². The van der Waals surface area contributed by atoms with E-state index in [1.165, 1.54) is 25.7 Å². The van der Waals surface area contributed by atoms with Gasteiger partial charge >= 0.3 is 6.03 Å². The first-order chi connectivity index (χ1) is 11.6. The highest BCUT2D eigenvalue weighted by Crippen LogP contribution is 2.25. The monoisotopic (exact) mass is 335 g/mol. The molecule has 1 aromatic heterocycles. The van der Waals surface area contributed by atoms with Crippen molar-refractivity contribution in [3.05, 3.63) is 24.2 Å². The van der Waals surface area contributed by atoms with E-state index in [1.54, 1.807) is 6.26 Å². The fraction of sp³-hybridized carbons (Fsp3) is 0.737. The molecule has 1 aliphatic rings. The van der Waals surface area contributed by atoms with Crippen LogP contribution in [0.25, 0.3) is 0 Å². The first-order valence-electron chi connectivity index (χ1n) is 9.45. The van der Waals surface area contributed by atoms with Crippen LogP contribution in [0.5, 0.6) is 0 Å². The number of hydrogen-bond donors (Lipinski definition) is 1. The third kappa shape index (κ3) is 5.26. The fourth-order valence-corrected chi connectivity index (χ4v) is 3.36. The van der Waals surface area contributed by atoms with Gasteiger partial charge in [-0.25, -0.2) is 4.79 Å². The predicted octanol–water partition coefficient (Wildman–Crippen LogP) is 4.03. The average Bonchev–Trinajstić information content (AvgIpc) is 3.25. The molecule has 5 nitrogen and oxygen atoms in total. The van der Waals surface area contributed by atoms with Crippen molar-refractivity contribution in [2.24, 2.45) is 0 Å². The number of unbranched alkanes of at least 4 members (excludes halogenated alkanes) is 2. The third-order valence-electron chi connectivity index (χ3n) is 4.79. The highest BCUT2D eigenvalue weighted by atomic mass is 16.3. The van der Waals surface area contributed by atoms with Crippen LogP contribution in [-0.4, -0.2) is 48.1 Å². The largest absolute Gasteiger partial charge is 0.468 e. The van der Waals surface area contributed by atoms with Gasteiger partial charge in [-0.2, -0.15) is 0 Å². The summed E-state index contributed by atoms with van der Waals surface area (Å²) in [4.78, 5) is 17.0. The van der Waals surface area contributed by atoms with Gasteiger partial charge in [0.05, 0.1) is 12.3 Å². The molecule has 1 saturated heterocycles. The summed E-state index contributed by atoms with van der Waals surface area (Å²) in [7, 11) is 0. The number of likely N-dealkylation sites (tertiary alicyclic amines) is 1. The molecule has 1 fully saturated rings. The Morgan fingerprint density at radius 2 is 2.08 bits per heavy atom. The van der Waals surface area contributed by atoms with E-state index in [2.05, 4.69) is 31.0 Å². The number of carbonyl (C=O) groups excluding carboxylic acids is 1. The second-order valence-corrected chi connectivity index (χ2v) is 6.95. The molecular formula is C19H33N3O2. The second-order valence-electron chi connectivity index (χ2n) is 6.95. The van der Waals surface area contributed by atoms with E-state index in [1.807, 2.05) is 17.0 Å². The van der Waals surface area contributed by atoms with E-state index in [9.17, 15) is 4.79 Å². The Hall–Kier alpha value is -1.49. The minimum absolute atomic E-state index is 0.0388. The normalized spacial score (nSPS) is 16.5. The maximum Gasteiger partial charge on any atom is 0.317 e. The quantitative estimate of drug-likeness (QED) is 0.693. The Labute approximate surface area is 146 Å². The molecule has 2 amide bonds. The van der Waals surface area contributed by atoms with Crippen LogP contribution in [0, 0.1) is 0 Å². The molecule has 1 aliphatic heterocycles. The second kappa shape index (κ2) is 9.72. The first-order valence-corrected chi connectivity index (χ1v) is 9.45. The molecule has 24 heavy (non-hydrogen) atoms. The van der Waals surface area contributed by atoms with Crippen molar-refractivity contribution in [1.29, 1.82) is 0 Å². The Morgan fingerprint density at radius 3 is 2.67 bits per heavy atom. The summed E-state index contributed by atoms with van der Waals surface area (Å²) in [5, 5.41) is 3.14. The smallest absolute Gasteiger partial charge is 0.317 e. The minimum Gasteiger partial charge on any atom is -0.468 e. The Kier molecular flexibility index (Phi) is 7.63. The van der Waals surface area contributed by atoms with Crippen molar-refractivity contribution in [2.45, 2.75) is 65.0 Å². The van der Waals surface area contributed by atoms with Crippen molar-refractivity contribution in [1.82, 2.24) is 15.1 Å². The van der Waals surface area contributed by atoms with Gasteiger partial charge in [-0.15, -0.1) is 0 Å². The summed E-state index contributed by atoms with van der Waals surface area (Å²) in [5.74, 6) is 0.944. The lowest BCUT2D eigenvalue weighted by Gasteiger charge is -2.30. The number of amides is 2. The highest BCUT2D eigenvalue weighted by molar-refractivity contribution is 5.74. The van der Waals surface area contributed by atoms with Crippen molar-refractivity contribution in [2.75, 3.05) is 26.2 Å². The third-order valence-corrected chi connectivity index (χ3v) is 4.79. The van der Waals surface area contributed by atoms with E-state index in [-0.39, 0.29) is 18.1 Å². The molecule has 136 valence electrons. The summed E-state index contributed by atoms with van der Waals surface area (Å²) in [6.45, 7) is 9.92. The summed E-state index contributed by atoms with van der Waals surface area (Å²) in [6, 6.07) is 4.32. The van der Waals surface area contributed by atoms with Gasteiger partial charge in [0, 0.05) is 19.1 Å². The SMILES string of the molecule is CCCCCN(C(=O)NC[C@@H](c1ccco1)N1CCCC1)C(C)C. The van der Waals surface area contributed by atoms with Gasteiger partial charge in [0.1, 0.15) is 5.76 Å². The Balaban J connectivity index is 1.92. The zero-order valence-electron chi connectivity index (χ0n) is 15.5. The molecular weight excluding hydrogens is 302 g/mol. The van der Waals surface area contributed by atoms with E-state index >= 15 is 0 Å². The standard InChI is InChI=1S/C19H33N3O2/c1-4-5-6-13-22(16(2)3)19(23)20-15-17(18-10-9-14-24-18)21-11-7-8-12-21/h9-10,14,16-17H,4-8,11-13,15H2,1-3H3,(H,20,23)/t17-/m0/s1. The van der Waals surface area contributed by atoms with Crippen molar-refractivity contribution >= 4 is 6.03 Å². The maximum absolute atomic E-state index is 12.6. The number of nitrogens with zero attached hydrogens (tertiary/aromatic N) is 2. The minimum atomic E-state index is 0.0388. The van der Waals surface area contributed by atoms with Crippen LogP contribution in [0.3, 0.4) is 0 Å². The van der Waals surface area contributed by atoms with E-state index in [0.717, 1.165) is 31.8 Å². The van der Waals surface area contributed by atoms with Gasteiger partial charge in [0.2, 0.25) is 0 Å². The lowest BCUT2D eigenvalue weighted by atomic mass is 10.2. The van der Waals surface area contributed by atoms with Crippen LogP contribution in [0.1, 0.15) is 64.7 Å². The van der Waals surface area contributed by atoms with Crippen molar-refractivity contribution in [3.63, 3.8) is 0 Å². The molecule has 0 saturated carbocycles. The van der Waals surface area contributed by atoms with Gasteiger partial charge in [0.15, 0.2) is 0 Å². The van der Waals surface area contributed by atoms with Gasteiger partial charge in [-0.3, -0.25) is 4.90 Å². The predicted molar refractivity (Wildman–Crippen MR) is 97.0 cm³/mol. The Morgan fingerprint density at radius 1 is 1.33 bits per heavy atom. The number of carbonyl (C=O) groups is 1. The van der Waals surface area contributed by atoms with Gasteiger partial charge in [-0.1, -0.05) is 19.8 Å². The maximum atomic E-state index is 12.6. The van der Waals surface area contributed by atoms with Gasteiger partial charge in [-0.05, 0) is 58.3 Å². The lowest BCUT2D eigenvalue weighted by Crippen LogP contribution is -2.47. The summed E-state index contributed by atoms with van der Waals surface area (Å²) in [5.41, 5.74) is 0. The van der Waals surface area contributed by atoms with Crippen LogP contribution < -0.4 is 5.32 Å². The highest BCUT2D eigenvalue weighted by Gasteiger charge is 2.27. The zero-order valence-corrected chi connectivity index (χ0v) is 15.5. The van der Waals surface area contributed by atoms with E-state index < -0.39 is 0 Å². The molecule has 0 spiro atoms. The van der Waals surface area contributed by atoms with Gasteiger partial charge < -0.3 is 14.6 Å². The van der Waals surface area contributed by atoms with Crippen molar-refractivity contribution < 1.29 is 9.21 Å². The van der Waals surface area contributed by atoms with Crippen LogP contribution in [0.4, 0.5) is 4.79 Å². The molecule has 0 bridgehead atoms. The summed E-state index contributed by atoms with van der Waals surface area (Å²) in [6.07, 6.45) is 7.56. The molecule has 0 aromatic carbocycles. The molecule has 0 aliphatic carbocycles. The topological polar surface area (TPSA) is 48.7 Å². The van der Waals surface area contributed by atoms with Crippen LogP contribution in [0.2, 0.25) is 0 Å².